The number of benzene rings is 1. The van der Waals surface area contributed by atoms with Crippen molar-refractivity contribution in [2.45, 2.75) is 25.8 Å². The fourth-order valence-corrected chi connectivity index (χ4v) is 4.71. The molecule has 0 spiro atoms. The Kier molecular flexibility index (Phi) is 4.93. The van der Waals surface area contributed by atoms with E-state index in [0.29, 0.717) is 22.8 Å². The van der Waals surface area contributed by atoms with Gasteiger partial charge in [0.05, 0.1) is 23.3 Å². The third-order valence-electron chi connectivity index (χ3n) is 6.39. The number of H-pyrrole nitrogens is 1. The number of nitrogens with one attached hydrogen (secondary N) is 3. The van der Waals surface area contributed by atoms with Gasteiger partial charge in [-0.1, -0.05) is 0 Å². The number of nitrogens with zero attached hydrogens (tertiary/aromatic N) is 4. The highest BCUT2D eigenvalue weighted by molar-refractivity contribution is 6.06. The van der Waals surface area contributed by atoms with Crippen LogP contribution in [0.5, 0.6) is 0 Å². The van der Waals surface area contributed by atoms with E-state index >= 15 is 0 Å². The largest absolute Gasteiger partial charge is 0.476 e. The number of amides is 1. The lowest BCUT2D eigenvalue weighted by molar-refractivity contribution is -0.113. The van der Waals surface area contributed by atoms with Crippen LogP contribution in [0.15, 0.2) is 41.7 Å². The van der Waals surface area contributed by atoms with Crippen LogP contribution in [0.1, 0.15) is 36.3 Å². The number of aromatic carboxylic acids is 1. The molecule has 4 N–H and O–H groups in total. The zero-order valence-electron chi connectivity index (χ0n) is 17.9. The third kappa shape index (κ3) is 3.52. The zero-order chi connectivity index (χ0) is 22.4. The average Bonchev–Trinajstić information content (AvgIpc) is 3.39. The van der Waals surface area contributed by atoms with E-state index in [1.807, 2.05) is 25.1 Å². The molecule has 3 aromatic rings. The van der Waals surface area contributed by atoms with Gasteiger partial charge < -0.3 is 20.6 Å². The van der Waals surface area contributed by atoms with Crippen molar-refractivity contribution in [1.82, 2.24) is 24.9 Å². The molecule has 1 fully saturated rings. The van der Waals surface area contributed by atoms with Gasteiger partial charge in [0.25, 0.3) is 5.91 Å². The molecule has 2 aromatic heterocycles. The maximum atomic E-state index is 13.5. The highest BCUT2D eigenvalue weighted by Gasteiger charge is 2.39. The highest BCUT2D eigenvalue weighted by Crippen LogP contribution is 2.40. The summed E-state index contributed by atoms with van der Waals surface area (Å²) in [5.41, 5.74) is 2.82. The number of aromatic nitrogens is 4. The van der Waals surface area contributed by atoms with Crippen LogP contribution in [0.4, 0.5) is 11.5 Å². The van der Waals surface area contributed by atoms with Crippen molar-refractivity contribution in [2.75, 3.05) is 30.8 Å². The molecule has 2 aliphatic heterocycles. The fourth-order valence-electron chi connectivity index (χ4n) is 4.71. The van der Waals surface area contributed by atoms with Gasteiger partial charge in [0, 0.05) is 22.8 Å². The van der Waals surface area contributed by atoms with Gasteiger partial charge in [-0.25, -0.2) is 9.48 Å². The molecule has 32 heavy (non-hydrogen) atoms. The van der Waals surface area contributed by atoms with E-state index in [0.717, 1.165) is 36.8 Å². The lowest BCUT2D eigenvalue weighted by atomic mass is 9.83. The van der Waals surface area contributed by atoms with Gasteiger partial charge in [-0.15, -0.1) is 0 Å². The van der Waals surface area contributed by atoms with Gasteiger partial charge >= 0.3 is 5.97 Å². The Morgan fingerprint density at radius 2 is 2.00 bits per heavy atom. The van der Waals surface area contributed by atoms with Crippen LogP contribution in [0.3, 0.4) is 0 Å². The normalized spacial score (nSPS) is 19.6. The first-order valence-electron chi connectivity index (χ1n) is 10.6. The van der Waals surface area contributed by atoms with E-state index in [-0.39, 0.29) is 23.6 Å². The summed E-state index contributed by atoms with van der Waals surface area (Å²) < 4.78 is 1.68. The molecule has 1 atom stereocenters. The van der Waals surface area contributed by atoms with Gasteiger partial charge in [-0.2, -0.15) is 10.2 Å². The van der Waals surface area contributed by atoms with Crippen LogP contribution in [-0.2, 0) is 4.79 Å². The molecule has 0 bridgehead atoms. The first kappa shape index (κ1) is 20.3. The van der Waals surface area contributed by atoms with Crippen molar-refractivity contribution in [3.63, 3.8) is 0 Å². The second kappa shape index (κ2) is 7.79. The molecular formula is C22H25N7O3. The molecule has 1 aromatic carbocycles. The number of aromatic amines is 1. The molecule has 1 saturated heterocycles. The quantitative estimate of drug-likeness (QED) is 0.496. The monoisotopic (exact) mass is 435 g/mol. The predicted molar refractivity (Wildman–Crippen MR) is 119 cm³/mol. The average molecular weight is 435 g/mol. The van der Waals surface area contributed by atoms with E-state index in [4.69, 9.17) is 0 Å². The van der Waals surface area contributed by atoms with E-state index in [9.17, 15) is 14.7 Å². The molecule has 5 rings (SSSR count). The Balaban J connectivity index is 1.51. The first-order chi connectivity index (χ1) is 15.4. The minimum Gasteiger partial charge on any atom is -0.476 e. The van der Waals surface area contributed by atoms with Gasteiger partial charge in [-0.3, -0.25) is 9.89 Å². The Hall–Kier alpha value is -3.66. The van der Waals surface area contributed by atoms with Crippen LogP contribution in [0, 0.1) is 5.92 Å². The molecule has 1 unspecified atom stereocenters. The third-order valence-corrected chi connectivity index (χ3v) is 6.39. The van der Waals surface area contributed by atoms with E-state index in [2.05, 4.69) is 37.9 Å². The summed E-state index contributed by atoms with van der Waals surface area (Å²) in [7, 11) is 2.08. The number of fused-ring (bicyclic) bond motifs is 2. The number of carbonyl (C=O) groups is 2. The summed E-state index contributed by atoms with van der Waals surface area (Å²) in [6.07, 6.45) is 3.50. The van der Waals surface area contributed by atoms with Crippen molar-refractivity contribution in [1.29, 1.82) is 0 Å². The molecule has 0 radical (unpaired) electrons. The summed E-state index contributed by atoms with van der Waals surface area (Å²) in [6, 6.07) is 6.75. The Morgan fingerprint density at radius 1 is 1.22 bits per heavy atom. The SMILES string of the molecule is CC1=C(C(=O)Nc2ccc3[nH]ncc3c2)C(C2CCN(C)CC2)n2nc(C(=O)O)cc2N1. The number of carboxylic acids is 1. The van der Waals surface area contributed by atoms with Gasteiger partial charge in [0.1, 0.15) is 5.82 Å². The van der Waals surface area contributed by atoms with Crippen molar-refractivity contribution in [3.05, 3.63) is 47.4 Å². The van der Waals surface area contributed by atoms with Crippen LogP contribution in [0.25, 0.3) is 10.9 Å². The van der Waals surface area contributed by atoms with E-state index in [1.165, 1.54) is 6.07 Å². The molecule has 0 saturated carbocycles. The van der Waals surface area contributed by atoms with Crippen LogP contribution in [0.2, 0.25) is 0 Å². The summed E-state index contributed by atoms with van der Waals surface area (Å²) >= 11 is 0. The second-order valence-corrected chi connectivity index (χ2v) is 8.54. The Labute approximate surface area is 184 Å². The topological polar surface area (TPSA) is 128 Å². The number of hydrogen-bond acceptors (Lipinski definition) is 6. The van der Waals surface area contributed by atoms with Crippen molar-refractivity contribution < 1.29 is 14.7 Å². The summed E-state index contributed by atoms with van der Waals surface area (Å²) in [6.45, 7) is 3.69. The lowest BCUT2D eigenvalue weighted by Gasteiger charge is -2.38. The van der Waals surface area contributed by atoms with Crippen LogP contribution < -0.4 is 10.6 Å². The number of piperidine rings is 1. The summed E-state index contributed by atoms with van der Waals surface area (Å²) in [5.74, 6) is -0.548. The predicted octanol–water partition coefficient (Wildman–Crippen LogP) is 2.68. The number of carbonyl (C=O) groups excluding carboxylic acids is 1. The standard InChI is InChI=1S/C22H25N7O3/c1-12-19(21(30)25-15-3-4-16-14(9-15)11-23-26-16)20(13-5-7-28(2)8-6-13)29-18(24-12)10-17(27-29)22(31)32/h3-4,9-11,13,20,24H,5-8H2,1-2H3,(H,23,26)(H,25,30)(H,31,32). The van der Waals surface area contributed by atoms with Crippen molar-refractivity contribution >= 4 is 34.3 Å². The lowest BCUT2D eigenvalue weighted by Crippen LogP contribution is -2.39. The van der Waals surface area contributed by atoms with Crippen molar-refractivity contribution in [3.8, 4) is 0 Å². The molecule has 1 amide bonds. The number of rotatable bonds is 4. The van der Waals surface area contributed by atoms with E-state index in [1.54, 1.807) is 10.9 Å². The molecule has 10 nitrogen and oxygen atoms in total. The molecule has 166 valence electrons. The Bertz CT molecular complexity index is 1230. The molecular weight excluding hydrogens is 410 g/mol. The minimum absolute atomic E-state index is 0.0368. The maximum Gasteiger partial charge on any atom is 0.356 e. The van der Waals surface area contributed by atoms with E-state index < -0.39 is 5.97 Å². The fraction of sp³-hybridized carbons (Fsp3) is 0.364. The molecule has 4 heterocycles. The number of likely N-dealkylation sites (tertiary alicyclic amines) is 1. The summed E-state index contributed by atoms with van der Waals surface area (Å²) in [5, 5.41) is 27.8. The Morgan fingerprint density at radius 3 is 2.75 bits per heavy atom. The smallest absolute Gasteiger partial charge is 0.356 e. The maximum absolute atomic E-state index is 13.5. The van der Waals surface area contributed by atoms with Gasteiger partial charge in [-0.05, 0) is 64.0 Å². The first-order valence-corrected chi connectivity index (χ1v) is 10.6. The van der Waals surface area contributed by atoms with Gasteiger partial charge in [0.2, 0.25) is 0 Å². The minimum atomic E-state index is -1.09. The number of anilines is 2. The van der Waals surface area contributed by atoms with Crippen LogP contribution in [-0.4, -0.2) is 62.0 Å². The van der Waals surface area contributed by atoms with Crippen molar-refractivity contribution in [2.24, 2.45) is 5.92 Å². The highest BCUT2D eigenvalue weighted by atomic mass is 16.4. The molecule has 2 aliphatic rings. The zero-order valence-corrected chi connectivity index (χ0v) is 17.9. The number of allylic oxidation sites excluding steroid dienone is 1. The van der Waals surface area contributed by atoms with Crippen LogP contribution >= 0.6 is 0 Å². The molecule has 0 aliphatic carbocycles. The number of carboxylic acid groups (broad SMARTS) is 1. The molecule has 10 heteroatoms. The summed E-state index contributed by atoms with van der Waals surface area (Å²) in [4.78, 5) is 27.3. The second-order valence-electron chi connectivity index (χ2n) is 8.54. The van der Waals surface area contributed by atoms with Gasteiger partial charge in [0.15, 0.2) is 5.69 Å². The number of hydrogen-bond donors (Lipinski definition) is 4.